The van der Waals surface area contributed by atoms with Gasteiger partial charge in [0.25, 0.3) is 5.88 Å². The molecule has 1 N–H and O–H groups in total. The lowest BCUT2D eigenvalue weighted by Crippen LogP contribution is -2.32. The molecule has 0 aliphatic rings. The van der Waals surface area contributed by atoms with Crippen molar-refractivity contribution in [3.05, 3.63) is 51.3 Å². The average Bonchev–Trinajstić information content (AvgIpc) is 3.17. The number of alkyl halides is 3. The molecule has 0 amide bonds. The van der Waals surface area contributed by atoms with Crippen LogP contribution in [0, 0.1) is 12.7 Å². The van der Waals surface area contributed by atoms with Gasteiger partial charge in [-0.15, -0.1) is 10.2 Å². The van der Waals surface area contributed by atoms with E-state index in [2.05, 4.69) is 25.3 Å². The van der Waals surface area contributed by atoms with Gasteiger partial charge in [-0.1, -0.05) is 11.6 Å². The second-order valence-corrected chi connectivity index (χ2v) is 8.02. The van der Waals surface area contributed by atoms with Crippen molar-refractivity contribution in [2.24, 2.45) is 0 Å². The van der Waals surface area contributed by atoms with E-state index in [1.165, 1.54) is 6.20 Å². The Morgan fingerprint density at radius 2 is 2.00 bits per heavy atom. The SMILES string of the molecule is CCn1c(CO)nn(-c2nc(OC(C)C(F)(F)F)c3c(Oc4c(C)ccnc4Cl)nncc3c2F)c1=O. The number of aryl methyl sites for hydroxylation is 1. The predicted octanol–water partition coefficient (Wildman–Crippen LogP) is 3.50. The van der Waals surface area contributed by atoms with Crippen molar-refractivity contribution >= 4 is 22.4 Å². The molecule has 196 valence electrons. The topological polar surface area (TPSA) is 130 Å². The summed E-state index contributed by atoms with van der Waals surface area (Å²) in [5, 5.41) is 19.9. The molecule has 0 aliphatic heterocycles. The largest absolute Gasteiger partial charge is 0.464 e. The molecule has 0 radical (unpaired) electrons. The normalized spacial score (nSPS) is 12.7. The van der Waals surface area contributed by atoms with Crippen molar-refractivity contribution in [3.8, 4) is 23.3 Å². The van der Waals surface area contributed by atoms with Crippen LogP contribution in [-0.4, -0.2) is 51.9 Å². The number of rotatable bonds is 7. The van der Waals surface area contributed by atoms with Crippen LogP contribution in [0.3, 0.4) is 0 Å². The zero-order chi connectivity index (χ0) is 27.1. The van der Waals surface area contributed by atoms with Gasteiger partial charge in [0.2, 0.25) is 5.88 Å². The van der Waals surface area contributed by atoms with E-state index in [0.29, 0.717) is 10.2 Å². The highest BCUT2D eigenvalue weighted by atomic mass is 35.5. The minimum atomic E-state index is -4.82. The fourth-order valence-corrected chi connectivity index (χ4v) is 3.58. The molecule has 1 atom stereocenters. The predicted molar refractivity (Wildman–Crippen MR) is 120 cm³/mol. The van der Waals surface area contributed by atoms with Gasteiger partial charge in [-0.3, -0.25) is 4.57 Å². The first-order valence-electron chi connectivity index (χ1n) is 10.6. The summed E-state index contributed by atoms with van der Waals surface area (Å²) in [6.07, 6.45) is -4.91. The summed E-state index contributed by atoms with van der Waals surface area (Å²) in [7, 11) is 0. The number of aromatic nitrogens is 7. The molecule has 0 bridgehead atoms. The first-order chi connectivity index (χ1) is 17.5. The van der Waals surface area contributed by atoms with Crippen molar-refractivity contribution < 1.29 is 32.1 Å². The molecule has 4 rings (SSSR count). The Hall–Kier alpha value is -3.85. The first kappa shape index (κ1) is 26.2. The average molecular weight is 544 g/mol. The molecule has 0 saturated carbocycles. The second kappa shape index (κ2) is 9.89. The highest BCUT2D eigenvalue weighted by Gasteiger charge is 2.39. The Balaban J connectivity index is 2.01. The van der Waals surface area contributed by atoms with E-state index in [-0.39, 0.29) is 23.3 Å². The Kier molecular flexibility index (Phi) is 7.01. The standard InChI is InChI=1S/C21H18ClF4N7O4/c1-4-32-12(8-34)31-33(20(32)35)17-14(23)11-7-28-30-19(37-15-9(2)5-6-27-16(15)22)13(11)18(29-17)36-10(3)21(24,25)26/h5-7,10,34H,4,8H2,1-3H3. The van der Waals surface area contributed by atoms with Crippen LogP contribution >= 0.6 is 11.6 Å². The lowest BCUT2D eigenvalue weighted by atomic mass is 10.2. The van der Waals surface area contributed by atoms with E-state index in [1.807, 2.05) is 0 Å². The molecule has 37 heavy (non-hydrogen) atoms. The van der Waals surface area contributed by atoms with Gasteiger partial charge in [0.05, 0.1) is 11.6 Å². The summed E-state index contributed by atoms with van der Waals surface area (Å²) in [6.45, 7) is 3.34. The lowest BCUT2D eigenvalue weighted by Gasteiger charge is -2.19. The summed E-state index contributed by atoms with van der Waals surface area (Å²) in [4.78, 5) is 20.5. The molecule has 0 aliphatic carbocycles. The number of halogens is 5. The molecular formula is C21H18ClF4N7O4. The number of hydrogen-bond donors (Lipinski definition) is 1. The van der Waals surface area contributed by atoms with Crippen LogP contribution < -0.4 is 15.2 Å². The van der Waals surface area contributed by atoms with Crippen molar-refractivity contribution in [1.82, 2.24) is 34.5 Å². The molecule has 0 aromatic carbocycles. The minimum Gasteiger partial charge on any atom is -0.464 e. The summed E-state index contributed by atoms with van der Waals surface area (Å²) < 4.78 is 68.2. The maximum Gasteiger partial charge on any atom is 0.425 e. The molecular weight excluding hydrogens is 526 g/mol. The summed E-state index contributed by atoms with van der Waals surface area (Å²) in [6, 6.07) is 1.55. The lowest BCUT2D eigenvalue weighted by molar-refractivity contribution is -0.189. The Morgan fingerprint density at radius 1 is 1.27 bits per heavy atom. The minimum absolute atomic E-state index is 0.00392. The highest BCUT2D eigenvalue weighted by Crippen LogP contribution is 2.39. The number of hydrogen-bond acceptors (Lipinski definition) is 9. The zero-order valence-electron chi connectivity index (χ0n) is 19.4. The molecule has 11 nitrogen and oxygen atoms in total. The maximum atomic E-state index is 15.7. The number of aliphatic hydroxyl groups excluding tert-OH is 1. The molecule has 16 heteroatoms. The van der Waals surface area contributed by atoms with Gasteiger partial charge in [-0.05, 0) is 32.4 Å². The van der Waals surface area contributed by atoms with Gasteiger partial charge in [-0.25, -0.2) is 14.2 Å². The van der Waals surface area contributed by atoms with Gasteiger partial charge in [0.15, 0.2) is 34.5 Å². The molecule has 4 heterocycles. The molecule has 0 saturated heterocycles. The van der Waals surface area contributed by atoms with Crippen molar-refractivity contribution in [2.75, 3.05) is 0 Å². The first-order valence-corrected chi connectivity index (χ1v) is 11.0. The van der Waals surface area contributed by atoms with Gasteiger partial charge < -0.3 is 14.6 Å². The fourth-order valence-electron chi connectivity index (χ4n) is 3.34. The van der Waals surface area contributed by atoms with Gasteiger partial charge in [0.1, 0.15) is 12.0 Å². The number of nitrogens with zero attached hydrogens (tertiary/aromatic N) is 7. The molecule has 0 fully saturated rings. The molecule has 4 aromatic rings. The third-order valence-electron chi connectivity index (χ3n) is 5.28. The quantitative estimate of drug-likeness (QED) is 0.275. The van der Waals surface area contributed by atoms with Crippen LogP contribution in [0.2, 0.25) is 5.15 Å². The van der Waals surface area contributed by atoms with E-state index >= 15 is 4.39 Å². The summed E-state index contributed by atoms with van der Waals surface area (Å²) >= 11 is 6.09. The van der Waals surface area contributed by atoms with Crippen LogP contribution in [0.1, 0.15) is 25.2 Å². The third-order valence-corrected chi connectivity index (χ3v) is 5.55. The summed E-state index contributed by atoms with van der Waals surface area (Å²) in [5.74, 6) is -3.31. The van der Waals surface area contributed by atoms with E-state index in [9.17, 15) is 23.1 Å². The van der Waals surface area contributed by atoms with Crippen molar-refractivity contribution in [1.29, 1.82) is 0 Å². The molecule has 1 unspecified atom stereocenters. The van der Waals surface area contributed by atoms with Crippen LogP contribution in [0.4, 0.5) is 17.6 Å². The molecule has 0 spiro atoms. The monoisotopic (exact) mass is 543 g/mol. The molecule has 4 aromatic heterocycles. The van der Waals surface area contributed by atoms with Crippen LogP contribution in [0.25, 0.3) is 16.6 Å². The van der Waals surface area contributed by atoms with Crippen LogP contribution in [0.15, 0.2) is 23.3 Å². The Labute approximate surface area is 210 Å². The van der Waals surface area contributed by atoms with E-state index in [1.54, 1.807) is 19.9 Å². The number of pyridine rings is 2. The number of fused-ring (bicyclic) bond motifs is 1. The second-order valence-electron chi connectivity index (χ2n) is 7.66. The smallest absolute Gasteiger partial charge is 0.425 e. The van der Waals surface area contributed by atoms with Crippen molar-refractivity contribution in [3.63, 3.8) is 0 Å². The Morgan fingerprint density at radius 3 is 2.59 bits per heavy atom. The zero-order valence-corrected chi connectivity index (χ0v) is 20.2. The van der Waals surface area contributed by atoms with Gasteiger partial charge in [0, 0.05) is 12.7 Å². The van der Waals surface area contributed by atoms with Crippen LogP contribution in [-0.2, 0) is 13.2 Å². The Bertz CT molecular complexity index is 1520. The number of aliphatic hydroxyl groups is 1. The van der Waals surface area contributed by atoms with Crippen molar-refractivity contribution in [2.45, 2.75) is 46.2 Å². The highest BCUT2D eigenvalue weighted by molar-refractivity contribution is 6.31. The van der Waals surface area contributed by atoms with Crippen LogP contribution in [0.5, 0.6) is 17.5 Å². The maximum absolute atomic E-state index is 15.7. The van der Waals surface area contributed by atoms with Gasteiger partial charge in [-0.2, -0.15) is 27.9 Å². The third kappa shape index (κ3) is 4.79. The fraction of sp³-hybridized carbons (Fsp3) is 0.333. The van der Waals surface area contributed by atoms with E-state index in [4.69, 9.17) is 21.1 Å². The van der Waals surface area contributed by atoms with Gasteiger partial charge >= 0.3 is 11.9 Å². The van der Waals surface area contributed by atoms with E-state index in [0.717, 1.165) is 17.7 Å². The summed E-state index contributed by atoms with van der Waals surface area (Å²) in [5.41, 5.74) is -0.397. The van der Waals surface area contributed by atoms with E-state index < -0.39 is 58.7 Å². The number of ether oxygens (including phenoxy) is 2.